The van der Waals surface area contributed by atoms with Crippen LogP contribution in [0.2, 0.25) is 0 Å². The van der Waals surface area contributed by atoms with E-state index in [0.717, 1.165) is 37.9 Å². The highest BCUT2D eigenvalue weighted by Gasteiger charge is 2.33. The van der Waals surface area contributed by atoms with Crippen LogP contribution >= 0.6 is 0 Å². The van der Waals surface area contributed by atoms with E-state index in [9.17, 15) is 13.2 Å². The summed E-state index contributed by atoms with van der Waals surface area (Å²) in [6, 6.07) is 5.93. The monoisotopic (exact) mass is 428 g/mol. The van der Waals surface area contributed by atoms with Crippen molar-refractivity contribution in [3.8, 4) is 11.3 Å². The van der Waals surface area contributed by atoms with E-state index in [1.807, 2.05) is 17.1 Å². The van der Waals surface area contributed by atoms with Gasteiger partial charge in [-0.1, -0.05) is 12.7 Å². The van der Waals surface area contributed by atoms with Crippen molar-refractivity contribution < 1.29 is 13.2 Å². The summed E-state index contributed by atoms with van der Waals surface area (Å²) in [4.78, 5) is 14.4. The van der Waals surface area contributed by atoms with Crippen molar-refractivity contribution >= 4 is 17.7 Å². The minimum atomic E-state index is -4.53. The molecule has 1 saturated carbocycles. The fourth-order valence-electron chi connectivity index (χ4n) is 3.56. The summed E-state index contributed by atoms with van der Waals surface area (Å²) in [7, 11) is 0. The van der Waals surface area contributed by atoms with Gasteiger partial charge >= 0.3 is 6.18 Å². The van der Waals surface area contributed by atoms with Gasteiger partial charge in [0.05, 0.1) is 11.4 Å². The Bertz CT molecular complexity index is 1030. The molecule has 6 nitrogen and oxygen atoms in total. The Morgan fingerprint density at radius 2 is 2.03 bits per heavy atom. The molecule has 2 aromatic heterocycles. The first kappa shape index (κ1) is 20.9. The molecule has 0 amide bonds. The first-order valence-electron chi connectivity index (χ1n) is 10.1. The molecular formula is C22H23F3N6. The second-order valence-corrected chi connectivity index (χ2v) is 7.56. The standard InChI is InChI=1S/C22H23F3N6/c1-14(29-20-7-2-3-11-28-20)31(16-5-4-6-16)21-17(26)8-9-18(30-21)15-10-12-27-19(13-15)22(23,24)25/h2-3,8-13,16,20,29H,1,4-7,26H2. The van der Waals surface area contributed by atoms with Crippen LogP contribution in [0.25, 0.3) is 11.3 Å². The quantitative estimate of drug-likeness (QED) is 0.707. The van der Waals surface area contributed by atoms with Crippen molar-refractivity contribution in [1.29, 1.82) is 0 Å². The molecule has 162 valence electrons. The summed E-state index contributed by atoms with van der Waals surface area (Å²) < 4.78 is 39.3. The van der Waals surface area contributed by atoms with E-state index in [2.05, 4.69) is 26.9 Å². The molecule has 0 aromatic carbocycles. The second-order valence-electron chi connectivity index (χ2n) is 7.56. The molecule has 3 heterocycles. The third-order valence-corrected chi connectivity index (χ3v) is 5.39. The molecule has 9 heteroatoms. The SMILES string of the molecule is C=C(NC1CC=CC=N1)N(c1nc(-c2ccnc(C(F)(F)F)c2)ccc1N)C1CCC1. The van der Waals surface area contributed by atoms with Gasteiger partial charge < -0.3 is 16.0 Å². The fourth-order valence-corrected chi connectivity index (χ4v) is 3.56. The maximum atomic E-state index is 13.1. The van der Waals surface area contributed by atoms with Crippen molar-refractivity contribution in [1.82, 2.24) is 15.3 Å². The Labute approximate surface area is 178 Å². The van der Waals surface area contributed by atoms with E-state index in [1.165, 1.54) is 6.07 Å². The van der Waals surface area contributed by atoms with Gasteiger partial charge in [-0.2, -0.15) is 13.2 Å². The molecule has 31 heavy (non-hydrogen) atoms. The lowest BCUT2D eigenvalue weighted by Crippen LogP contribution is -2.46. The zero-order valence-corrected chi connectivity index (χ0v) is 16.8. The van der Waals surface area contributed by atoms with E-state index in [1.54, 1.807) is 18.3 Å². The van der Waals surface area contributed by atoms with Crippen LogP contribution in [0.3, 0.4) is 0 Å². The van der Waals surface area contributed by atoms with Crippen LogP contribution in [0.5, 0.6) is 0 Å². The van der Waals surface area contributed by atoms with E-state index >= 15 is 0 Å². The van der Waals surface area contributed by atoms with Gasteiger partial charge in [-0.15, -0.1) is 0 Å². The van der Waals surface area contributed by atoms with Crippen LogP contribution < -0.4 is 16.0 Å². The van der Waals surface area contributed by atoms with Crippen LogP contribution in [0.4, 0.5) is 24.7 Å². The van der Waals surface area contributed by atoms with E-state index in [-0.39, 0.29) is 12.2 Å². The number of hydrogen-bond acceptors (Lipinski definition) is 6. The van der Waals surface area contributed by atoms with Crippen molar-refractivity contribution in [3.63, 3.8) is 0 Å². The lowest BCUT2D eigenvalue weighted by atomic mass is 9.91. The third-order valence-electron chi connectivity index (χ3n) is 5.39. The Morgan fingerprint density at radius 3 is 2.68 bits per heavy atom. The molecule has 1 fully saturated rings. The normalized spacial score (nSPS) is 18.5. The molecule has 0 spiro atoms. The number of rotatable bonds is 6. The highest BCUT2D eigenvalue weighted by atomic mass is 19.4. The molecule has 2 aliphatic rings. The number of nitrogens with zero attached hydrogens (tertiary/aromatic N) is 4. The first-order chi connectivity index (χ1) is 14.8. The predicted octanol–water partition coefficient (Wildman–Crippen LogP) is 4.52. The molecule has 4 rings (SSSR count). The third kappa shape index (κ3) is 4.55. The zero-order valence-electron chi connectivity index (χ0n) is 16.8. The smallest absolute Gasteiger partial charge is 0.396 e. The number of aliphatic imine (C=N–C) groups is 1. The molecule has 1 unspecified atom stereocenters. The van der Waals surface area contributed by atoms with E-state index in [4.69, 9.17) is 5.73 Å². The average Bonchev–Trinajstić information content (AvgIpc) is 2.71. The Balaban J connectivity index is 1.67. The summed E-state index contributed by atoms with van der Waals surface area (Å²) in [5.41, 5.74) is 6.41. The van der Waals surface area contributed by atoms with Gasteiger partial charge in [0.2, 0.25) is 0 Å². The number of anilines is 2. The number of dihydropyridines is 1. The number of nitrogen functional groups attached to an aromatic ring is 1. The lowest BCUT2D eigenvalue weighted by molar-refractivity contribution is -0.141. The number of hydrogen-bond donors (Lipinski definition) is 2. The van der Waals surface area contributed by atoms with Gasteiger partial charge in [-0.05, 0) is 49.6 Å². The minimum absolute atomic E-state index is 0.140. The average molecular weight is 428 g/mol. The maximum Gasteiger partial charge on any atom is 0.433 e. The summed E-state index contributed by atoms with van der Waals surface area (Å²) in [6.07, 6.45) is 5.81. The Hall–Kier alpha value is -3.36. The van der Waals surface area contributed by atoms with Crippen LogP contribution in [-0.2, 0) is 6.18 Å². The molecule has 1 aliphatic carbocycles. The highest BCUT2D eigenvalue weighted by molar-refractivity contribution is 5.73. The summed E-state index contributed by atoms with van der Waals surface area (Å²) >= 11 is 0. The number of allylic oxidation sites excluding steroid dienone is 1. The fraction of sp³-hybridized carbons (Fsp3) is 0.318. The van der Waals surface area contributed by atoms with Crippen molar-refractivity contribution in [2.75, 3.05) is 10.6 Å². The molecule has 3 N–H and O–H groups in total. The zero-order chi connectivity index (χ0) is 22.0. The molecule has 1 atom stereocenters. The maximum absolute atomic E-state index is 13.1. The van der Waals surface area contributed by atoms with Gasteiger partial charge in [-0.3, -0.25) is 9.98 Å². The Morgan fingerprint density at radius 1 is 1.23 bits per heavy atom. The number of halogens is 3. The van der Waals surface area contributed by atoms with Crippen LogP contribution in [0, 0.1) is 0 Å². The molecular weight excluding hydrogens is 405 g/mol. The van der Waals surface area contributed by atoms with E-state index < -0.39 is 11.9 Å². The molecule has 0 bridgehead atoms. The summed E-state index contributed by atoms with van der Waals surface area (Å²) in [6.45, 7) is 4.18. The number of alkyl halides is 3. The highest BCUT2D eigenvalue weighted by Crippen LogP contribution is 2.36. The minimum Gasteiger partial charge on any atom is -0.396 e. The second kappa shape index (κ2) is 8.41. The van der Waals surface area contributed by atoms with E-state index in [0.29, 0.717) is 28.6 Å². The van der Waals surface area contributed by atoms with Crippen LogP contribution in [0.1, 0.15) is 31.4 Å². The first-order valence-corrected chi connectivity index (χ1v) is 10.1. The van der Waals surface area contributed by atoms with Gasteiger partial charge in [0.1, 0.15) is 17.7 Å². The number of nitrogens with two attached hydrogens (primary N) is 1. The Kier molecular flexibility index (Phi) is 5.67. The molecule has 0 radical (unpaired) electrons. The molecule has 1 aliphatic heterocycles. The number of aromatic nitrogens is 2. The van der Waals surface area contributed by atoms with Gasteiger partial charge in [0, 0.05) is 30.4 Å². The van der Waals surface area contributed by atoms with Crippen molar-refractivity contribution in [2.45, 2.75) is 44.1 Å². The van der Waals surface area contributed by atoms with Gasteiger partial charge in [0.15, 0.2) is 5.82 Å². The van der Waals surface area contributed by atoms with Crippen LogP contribution in [0.15, 0.2) is 60.0 Å². The predicted molar refractivity (Wildman–Crippen MR) is 115 cm³/mol. The van der Waals surface area contributed by atoms with Crippen molar-refractivity contribution in [2.24, 2.45) is 4.99 Å². The van der Waals surface area contributed by atoms with Crippen molar-refractivity contribution in [3.05, 3.63) is 60.7 Å². The summed E-state index contributed by atoms with van der Waals surface area (Å²) in [5, 5.41) is 3.31. The molecule has 2 aromatic rings. The van der Waals surface area contributed by atoms with Gasteiger partial charge in [-0.25, -0.2) is 4.98 Å². The van der Waals surface area contributed by atoms with Crippen LogP contribution in [-0.4, -0.2) is 28.4 Å². The largest absolute Gasteiger partial charge is 0.433 e. The topological polar surface area (TPSA) is 79.4 Å². The van der Waals surface area contributed by atoms with Gasteiger partial charge in [0.25, 0.3) is 0 Å². The number of nitrogens with one attached hydrogen (secondary N) is 1. The number of pyridine rings is 2. The molecule has 0 saturated heterocycles. The lowest BCUT2D eigenvalue weighted by Gasteiger charge is -2.40. The summed E-state index contributed by atoms with van der Waals surface area (Å²) in [5.74, 6) is 1.09.